The van der Waals surface area contributed by atoms with Crippen molar-refractivity contribution in [2.24, 2.45) is 0 Å². The van der Waals surface area contributed by atoms with Gasteiger partial charge >= 0.3 is 5.97 Å². The average molecular weight is 276 g/mol. The van der Waals surface area contributed by atoms with Gasteiger partial charge in [-0.05, 0) is 31.9 Å². The lowest BCUT2D eigenvalue weighted by atomic mass is 10.1. The van der Waals surface area contributed by atoms with E-state index in [1.165, 1.54) is 0 Å². The molecule has 2 N–H and O–H groups in total. The summed E-state index contributed by atoms with van der Waals surface area (Å²) in [4.78, 5) is 24.9. The number of anilines is 1. The summed E-state index contributed by atoms with van der Waals surface area (Å²) in [6, 6.07) is 5.24. The first-order valence-corrected chi connectivity index (χ1v) is 6.93. The molecule has 5 heteroatoms. The van der Waals surface area contributed by atoms with Crippen LogP contribution in [-0.2, 0) is 4.79 Å². The minimum absolute atomic E-state index is 0.138. The number of carboxylic acids is 1. The van der Waals surface area contributed by atoms with Gasteiger partial charge in [-0.1, -0.05) is 11.6 Å². The fourth-order valence-electron chi connectivity index (χ4n) is 2.42. The van der Waals surface area contributed by atoms with Gasteiger partial charge in [-0.3, -0.25) is 4.79 Å². The molecule has 20 heavy (non-hydrogen) atoms. The molecule has 0 unspecified atom stereocenters. The Balaban J connectivity index is 1.90. The molecular formula is C15H20N2O3. The van der Waals surface area contributed by atoms with Crippen molar-refractivity contribution in [3.8, 4) is 0 Å². The highest BCUT2D eigenvalue weighted by molar-refractivity contribution is 5.94. The lowest BCUT2D eigenvalue weighted by Crippen LogP contribution is -2.29. The van der Waals surface area contributed by atoms with Crippen LogP contribution < -0.4 is 5.32 Å². The summed E-state index contributed by atoms with van der Waals surface area (Å²) >= 11 is 0. The van der Waals surface area contributed by atoms with Crippen LogP contribution in [0.5, 0.6) is 0 Å². The molecule has 1 aliphatic rings. The second kappa shape index (κ2) is 6.41. The molecule has 1 aliphatic heterocycles. The number of aromatic carboxylic acids is 1. The van der Waals surface area contributed by atoms with E-state index < -0.39 is 5.97 Å². The van der Waals surface area contributed by atoms with Crippen molar-refractivity contribution in [1.82, 2.24) is 4.90 Å². The zero-order chi connectivity index (χ0) is 14.5. The van der Waals surface area contributed by atoms with Gasteiger partial charge in [-0.2, -0.15) is 0 Å². The average Bonchev–Trinajstić information content (AvgIpc) is 2.94. The molecular weight excluding hydrogens is 256 g/mol. The van der Waals surface area contributed by atoms with E-state index in [0.29, 0.717) is 18.7 Å². The Labute approximate surface area is 118 Å². The van der Waals surface area contributed by atoms with Gasteiger partial charge in [0.15, 0.2) is 0 Å². The first kappa shape index (κ1) is 14.4. The van der Waals surface area contributed by atoms with E-state index in [1.54, 1.807) is 12.1 Å². The molecule has 1 amide bonds. The van der Waals surface area contributed by atoms with E-state index in [9.17, 15) is 9.59 Å². The van der Waals surface area contributed by atoms with E-state index in [-0.39, 0.29) is 11.5 Å². The second-order valence-electron chi connectivity index (χ2n) is 5.12. The predicted octanol–water partition coefficient (Wildman–Crippen LogP) is 2.12. The summed E-state index contributed by atoms with van der Waals surface area (Å²) in [5.74, 6) is -0.818. The summed E-state index contributed by atoms with van der Waals surface area (Å²) in [6.45, 7) is 4.01. The SMILES string of the molecule is Cc1ccc(NCCC(=O)N2CCCC2)c(C(=O)O)c1. The monoisotopic (exact) mass is 276 g/mol. The summed E-state index contributed by atoms with van der Waals surface area (Å²) < 4.78 is 0. The Hall–Kier alpha value is -2.04. The molecule has 1 fully saturated rings. The molecule has 0 bridgehead atoms. The zero-order valence-electron chi connectivity index (χ0n) is 11.7. The van der Waals surface area contributed by atoms with Gasteiger partial charge < -0.3 is 15.3 Å². The summed E-state index contributed by atoms with van der Waals surface area (Å²) in [7, 11) is 0. The fourth-order valence-corrected chi connectivity index (χ4v) is 2.42. The zero-order valence-corrected chi connectivity index (χ0v) is 11.7. The molecule has 108 valence electrons. The normalized spacial score (nSPS) is 14.3. The first-order chi connectivity index (χ1) is 9.58. The van der Waals surface area contributed by atoms with Crippen molar-refractivity contribution in [2.45, 2.75) is 26.2 Å². The molecule has 0 atom stereocenters. The maximum Gasteiger partial charge on any atom is 0.337 e. The van der Waals surface area contributed by atoms with E-state index in [2.05, 4.69) is 5.32 Å². The first-order valence-electron chi connectivity index (χ1n) is 6.93. The summed E-state index contributed by atoms with van der Waals surface area (Å²) in [5, 5.41) is 12.2. The van der Waals surface area contributed by atoms with Crippen molar-refractivity contribution in [1.29, 1.82) is 0 Å². The number of hydrogen-bond donors (Lipinski definition) is 2. The van der Waals surface area contributed by atoms with E-state index in [1.807, 2.05) is 17.9 Å². The molecule has 1 aromatic rings. The summed E-state index contributed by atoms with van der Waals surface area (Å²) in [5.41, 5.74) is 1.72. The van der Waals surface area contributed by atoms with Crippen LogP contribution in [0.4, 0.5) is 5.69 Å². The number of nitrogens with one attached hydrogen (secondary N) is 1. The molecule has 2 rings (SSSR count). The predicted molar refractivity (Wildman–Crippen MR) is 77.1 cm³/mol. The van der Waals surface area contributed by atoms with Crippen molar-refractivity contribution in [3.63, 3.8) is 0 Å². The number of amides is 1. The van der Waals surface area contributed by atoms with Gasteiger partial charge in [0.1, 0.15) is 0 Å². The van der Waals surface area contributed by atoms with Crippen LogP contribution in [0.1, 0.15) is 35.2 Å². The Bertz CT molecular complexity index is 508. The molecule has 0 aliphatic carbocycles. The molecule has 0 spiro atoms. The number of benzene rings is 1. The molecule has 0 aromatic heterocycles. The van der Waals surface area contributed by atoms with Gasteiger partial charge in [0.25, 0.3) is 0 Å². The number of carbonyl (C=O) groups excluding carboxylic acids is 1. The van der Waals surface area contributed by atoms with Gasteiger partial charge in [0, 0.05) is 31.7 Å². The molecule has 1 heterocycles. The van der Waals surface area contributed by atoms with Crippen molar-refractivity contribution in [3.05, 3.63) is 29.3 Å². The maximum absolute atomic E-state index is 11.9. The third-order valence-corrected chi connectivity index (χ3v) is 3.52. The fraction of sp³-hybridized carbons (Fsp3) is 0.467. The number of carbonyl (C=O) groups is 2. The molecule has 5 nitrogen and oxygen atoms in total. The largest absolute Gasteiger partial charge is 0.478 e. The number of aryl methyl sites for hydroxylation is 1. The van der Waals surface area contributed by atoms with Gasteiger partial charge in [-0.15, -0.1) is 0 Å². The topological polar surface area (TPSA) is 69.6 Å². The molecule has 1 saturated heterocycles. The van der Waals surface area contributed by atoms with Crippen molar-refractivity contribution >= 4 is 17.6 Å². The maximum atomic E-state index is 11.9. The van der Waals surface area contributed by atoms with Crippen LogP contribution in [0, 0.1) is 6.92 Å². The lowest BCUT2D eigenvalue weighted by Gasteiger charge is -2.16. The Morgan fingerprint density at radius 1 is 1.30 bits per heavy atom. The van der Waals surface area contributed by atoms with Gasteiger partial charge in [-0.25, -0.2) is 4.79 Å². The molecule has 0 saturated carbocycles. The van der Waals surface area contributed by atoms with Crippen LogP contribution in [0.25, 0.3) is 0 Å². The lowest BCUT2D eigenvalue weighted by molar-refractivity contribution is -0.129. The third kappa shape index (κ3) is 3.50. The highest BCUT2D eigenvalue weighted by Gasteiger charge is 2.17. The van der Waals surface area contributed by atoms with E-state index in [4.69, 9.17) is 5.11 Å². The van der Waals surface area contributed by atoms with Crippen LogP contribution in [0.2, 0.25) is 0 Å². The van der Waals surface area contributed by atoms with Gasteiger partial charge in [0.05, 0.1) is 5.56 Å². The number of likely N-dealkylation sites (tertiary alicyclic amines) is 1. The minimum Gasteiger partial charge on any atom is -0.478 e. The van der Waals surface area contributed by atoms with Crippen LogP contribution >= 0.6 is 0 Å². The minimum atomic E-state index is -0.956. The number of carboxylic acid groups (broad SMARTS) is 1. The van der Waals surface area contributed by atoms with Crippen LogP contribution in [0.3, 0.4) is 0 Å². The van der Waals surface area contributed by atoms with E-state index in [0.717, 1.165) is 31.5 Å². The van der Waals surface area contributed by atoms with Crippen LogP contribution in [-0.4, -0.2) is 41.5 Å². The Kier molecular flexibility index (Phi) is 4.61. The Morgan fingerprint density at radius 3 is 2.65 bits per heavy atom. The molecule has 1 aromatic carbocycles. The quantitative estimate of drug-likeness (QED) is 0.864. The number of hydrogen-bond acceptors (Lipinski definition) is 3. The molecule has 0 radical (unpaired) electrons. The third-order valence-electron chi connectivity index (χ3n) is 3.52. The summed E-state index contributed by atoms with van der Waals surface area (Å²) in [6.07, 6.45) is 2.56. The highest BCUT2D eigenvalue weighted by Crippen LogP contribution is 2.17. The number of nitrogens with zero attached hydrogens (tertiary/aromatic N) is 1. The standard InChI is InChI=1S/C15H20N2O3/c1-11-4-5-13(12(10-11)15(19)20)16-7-6-14(18)17-8-2-3-9-17/h4-5,10,16H,2-3,6-9H2,1H3,(H,19,20). The Morgan fingerprint density at radius 2 is 2.00 bits per heavy atom. The highest BCUT2D eigenvalue weighted by atomic mass is 16.4. The smallest absolute Gasteiger partial charge is 0.337 e. The van der Waals surface area contributed by atoms with Crippen molar-refractivity contribution in [2.75, 3.05) is 25.0 Å². The second-order valence-corrected chi connectivity index (χ2v) is 5.12. The van der Waals surface area contributed by atoms with E-state index >= 15 is 0 Å². The number of rotatable bonds is 5. The van der Waals surface area contributed by atoms with Gasteiger partial charge in [0.2, 0.25) is 5.91 Å². The van der Waals surface area contributed by atoms with Crippen molar-refractivity contribution < 1.29 is 14.7 Å². The van der Waals surface area contributed by atoms with Crippen LogP contribution in [0.15, 0.2) is 18.2 Å².